The summed E-state index contributed by atoms with van der Waals surface area (Å²) in [6.45, 7) is 7.11. The van der Waals surface area contributed by atoms with Gasteiger partial charge in [-0.05, 0) is 46.5 Å². The minimum absolute atomic E-state index is 0.0516. The summed E-state index contributed by atoms with van der Waals surface area (Å²) in [7, 11) is 0. The molecule has 0 aromatic carbocycles. The van der Waals surface area contributed by atoms with Crippen LogP contribution >= 0.6 is 0 Å². The predicted octanol–water partition coefficient (Wildman–Crippen LogP) is 1.34. The Kier molecular flexibility index (Phi) is 3.17. The van der Waals surface area contributed by atoms with Gasteiger partial charge in [0.25, 0.3) is 0 Å². The monoisotopic (exact) mass is 228 g/mol. The van der Waals surface area contributed by atoms with Crippen molar-refractivity contribution in [3.05, 3.63) is 0 Å². The van der Waals surface area contributed by atoms with Crippen LogP contribution < -0.4 is 10.6 Å². The van der Waals surface area contributed by atoms with E-state index in [0.717, 1.165) is 12.8 Å². The Morgan fingerprint density at radius 2 is 1.62 bits per heavy atom. The number of carbonyl (C=O) groups is 2. The van der Waals surface area contributed by atoms with Gasteiger partial charge >= 0.3 is 12.0 Å². The fourth-order valence-corrected chi connectivity index (χ4v) is 1.60. The summed E-state index contributed by atoms with van der Waals surface area (Å²) in [5.41, 5.74) is -1.51. The van der Waals surface area contributed by atoms with Crippen LogP contribution in [0.5, 0.6) is 0 Å². The first-order valence-electron chi connectivity index (χ1n) is 5.49. The molecule has 0 aromatic rings. The zero-order valence-corrected chi connectivity index (χ0v) is 10.3. The maximum Gasteiger partial charge on any atom is 0.329 e. The van der Waals surface area contributed by atoms with Crippen molar-refractivity contribution < 1.29 is 14.7 Å². The highest BCUT2D eigenvalue weighted by Crippen LogP contribution is 2.39. The molecule has 0 saturated heterocycles. The number of rotatable bonds is 3. The van der Waals surface area contributed by atoms with Crippen molar-refractivity contribution in [3.8, 4) is 0 Å². The van der Waals surface area contributed by atoms with Crippen LogP contribution in [-0.4, -0.2) is 28.2 Å². The Morgan fingerprint density at radius 1 is 1.12 bits per heavy atom. The van der Waals surface area contributed by atoms with Gasteiger partial charge in [-0.3, -0.25) is 0 Å². The van der Waals surface area contributed by atoms with E-state index in [9.17, 15) is 9.59 Å². The lowest BCUT2D eigenvalue weighted by molar-refractivity contribution is -0.144. The molecule has 0 heterocycles. The summed E-state index contributed by atoms with van der Waals surface area (Å²) < 4.78 is 0. The molecule has 0 bridgehead atoms. The standard InChI is InChI=1S/C11H20N2O3/c1-10(2,3)12-9(16)13-11(4,8(14)15)7-5-6-7/h7H,5-6H2,1-4H3,(H,14,15)(H2,12,13,16). The van der Waals surface area contributed by atoms with Gasteiger partial charge in [-0.1, -0.05) is 0 Å². The second-order valence-electron chi connectivity index (χ2n) is 5.61. The molecule has 1 atom stereocenters. The number of amides is 2. The van der Waals surface area contributed by atoms with Gasteiger partial charge in [-0.15, -0.1) is 0 Å². The molecule has 1 aliphatic carbocycles. The van der Waals surface area contributed by atoms with E-state index in [4.69, 9.17) is 5.11 Å². The van der Waals surface area contributed by atoms with E-state index in [0.29, 0.717) is 0 Å². The highest BCUT2D eigenvalue weighted by Gasteiger charge is 2.48. The number of urea groups is 1. The van der Waals surface area contributed by atoms with E-state index in [2.05, 4.69) is 10.6 Å². The second-order valence-corrected chi connectivity index (χ2v) is 5.61. The van der Waals surface area contributed by atoms with E-state index in [1.165, 1.54) is 0 Å². The maximum atomic E-state index is 11.6. The lowest BCUT2D eigenvalue weighted by Crippen LogP contribution is -2.59. The van der Waals surface area contributed by atoms with Crippen LogP contribution in [0.4, 0.5) is 4.79 Å². The Morgan fingerprint density at radius 3 is 1.94 bits per heavy atom. The van der Waals surface area contributed by atoms with Crippen molar-refractivity contribution in [2.24, 2.45) is 5.92 Å². The van der Waals surface area contributed by atoms with Crippen LogP contribution in [0, 0.1) is 5.92 Å². The Hall–Kier alpha value is -1.26. The van der Waals surface area contributed by atoms with Crippen LogP contribution in [-0.2, 0) is 4.79 Å². The zero-order valence-electron chi connectivity index (χ0n) is 10.3. The van der Waals surface area contributed by atoms with Crippen molar-refractivity contribution >= 4 is 12.0 Å². The lowest BCUT2D eigenvalue weighted by atomic mass is 9.96. The van der Waals surface area contributed by atoms with Gasteiger partial charge in [0.1, 0.15) is 5.54 Å². The van der Waals surface area contributed by atoms with Crippen LogP contribution in [0.15, 0.2) is 0 Å². The molecule has 0 aromatic heterocycles. The average molecular weight is 228 g/mol. The molecule has 1 saturated carbocycles. The first-order valence-corrected chi connectivity index (χ1v) is 5.49. The highest BCUT2D eigenvalue weighted by molar-refractivity contribution is 5.86. The summed E-state index contributed by atoms with van der Waals surface area (Å²) in [6.07, 6.45) is 1.72. The lowest BCUT2D eigenvalue weighted by Gasteiger charge is -2.29. The number of nitrogens with one attached hydrogen (secondary N) is 2. The fourth-order valence-electron chi connectivity index (χ4n) is 1.60. The van der Waals surface area contributed by atoms with Crippen LogP contribution in [0.1, 0.15) is 40.5 Å². The molecule has 1 unspecified atom stereocenters. The number of carboxylic acids is 1. The van der Waals surface area contributed by atoms with Gasteiger partial charge in [0.05, 0.1) is 0 Å². The van der Waals surface area contributed by atoms with Crippen LogP contribution in [0.2, 0.25) is 0 Å². The van der Waals surface area contributed by atoms with Gasteiger partial charge in [0, 0.05) is 5.54 Å². The Bertz CT molecular complexity index is 305. The number of carbonyl (C=O) groups excluding carboxylic acids is 1. The maximum absolute atomic E-state index is 11.6. The number of carboxylic acid groups (broad SMARTS) is 1. The van der Waals surface area contributed by atoms with Gasteiger partial charge in [-0.25, -0.2) is 9.59 Å². The van der Waals surface area contributed by atoms with Gasteiger partial charge < -0.3 is 15.7 Å². The number of hydrogen-bond acceptors (Lipinski definition) is 2. The quantitative estimate of drug-likeness (QED) is 0.682. The molecule has 0 aliphatic heterocycles. The molecule has 2 amide bonds. The minimum Gasteiger partial charge on any atom is -0.480 e. The second kappa shape index (κ2) is 3.96. The van der Waals surface area contributed by atoms with E-state index in [1.54, 1.807) is 6.92 Å². The third-order valence-corrected chi connectivity index (χ3v) is 2.70. The first-order chi connectivity index (χ1) is 7.15. The third-order valence-electron chi connectivity index (χ3n) is 2.70. The molecular formula is C11H20N2O3. The summed E-state index contributed by atoms with van der Waals surface area (Å²) in [5.74, 6) is -0.922. The molecule has 3 N–H and O–H groups in total. The SMILES string of the molecule is CC(C)(C)NC(=O)NC(C)(C(=O)O)C1CC1. The van der Waals surface area contributed by atoms with Crippen LogP contribution in [0.3, 0.4) is 0 Å². The molecule has 16 heavy (non-hydrogen) atoms. The van der Waals surface area contributed by atoms with Gasteiger partial charge in [0.15, 0.2) is 0 Å². The van der Waals surface area contributed by atoms with E-state index in [-0.39, 0.29) is 11.5 Å². The summed E-state index contributed by atoms with van der Waals surface area (Å²) in [5, 5.41) is 14.4. The van der Waals surface area contributed by atoms with Gasteiger partial charge in [-0.2, -0.15) is 0 Å². The number of aliphatic carboxylic acids is 1. The van der Waals surface area contributed by atoms with Crippen molar-refractivity contribution in [2.75, 3.05) is 0 Å². The smallest absolute Gasteiger partial charge is 0.329 e. The average Bonchev–Trinajstić information content (AvgIpc) is 2.80. The van der Waals surface area contributed by atoms with Crippen molar-refractivity contribution in [1.29, 1.82) is 0 Å². The summed E-state index contributed by atoms with van der Waals surface area (Å²) in [6, 6.07) is -0.427. The molecule has 0 radical (unpaired) electrons. The molecule has 1 rings (SSSR count). The normalized spacial score (nSPS) is 19.8. The Labute approximate surface area is 95.6 Å². The molecule has 1 fully saturated rings. The number of hydrogen-bond donors (Lipinski definition) is 3. The van der Waals surface area contributed by atoms with E-state index < -0.39 is 17.5 Å². The minimum atomic E-state index is -1.14. The topological polar surface area (TPSA) is 78.4 Å². The summed E-state index contributed by atoms with van der Waals surface area (Å²) >= 11 is 0. The zero-order chi connectivity index (χ0) is 12.6. The van der Waals surface area contributed by atoms with E-state index >= 15 is 0 Å². The first kappa shape index (κ1) is 12.8. The predicted molar refractivity (Wildman–Crippen MR) is 60.2 cm³/mol. The van der Waals surface area contributed by atoms with Crippen LogP contribution in [0.25, 0.3) is 0 Å². The van der Waals surface area contributed by atoms with Gasteiger partial charge in [0.2, 0.25) is 0 Å². The highest BCUT2D eigenvalue weighted by atomic mass is 16.4. The summed E-state index contributed by atoms with van der Waals surface area (Å²) in [4.78, 5) is 22.8. The molecule has 5 heteroatoms. The Balaban J connectivity index is 2.63. The van der Waals surface area contributed by atoms with Crippen molar-refractivity contribution in [3.63, 3.8) is 0 Å². The molecule has 5 nitrogen and oxygen atoms in total. The fraction of sp³-hybridized carbons (Fsp3) is 0.818. The van der Waals surface area contributed by atoms with Crippen molar-refractivity contribution in [1.82, 2.24) is 10.6 Å². The molecular weight excluding hydrogens is 208 g/mol. The molecule has 1 aliphatic rings. The largest absolute Gasteiger partial charge is 0.480 e. The molecule has 0 spiro atoms. The van der Waals surface area contributed by atoms with Crippen molar-refractivity contribution in [2.45, 2.75) is 51.6 Å². The molecule has 92 valence electrons. The van der Waals surface area contributed by atoms with E-state index in [1.807, 2.05) is 20.8 Å². The third kappa shape index (κ3) is 3.12.